The van der Waals surface area contributed by atoms with E-state index in [0.29, 0.717) is 11.1 Å². The van der Waals surface area contributed by atoms with Crippen LogP contribution in [0.25, 0.3) is 11.1 Å². The first-order valence-electron chi connectivity index (χ1n) is 13.1. The average Bonchev–Trinajstić information content (AvgIpc) is 2.90. The molecule has 3 aliphatic carbocycles. The van der Waals surface area contributed by atoms with E-state index in [0.717, 1.165) is 5.56 Å². The van der Waals surface area contributed by atoms with Crippen molar-refractivity contribution in [2.45, 2.75) is 38.0 Å². The molecule has 0 spiro atoms. The van der Waals surface area contributed by atoms with Crippen LogP contribution < -0.4 is 11.1 Å². The number of aliphatic hydroxyl groups excluding tert-OH is 2. The summed E-state index contributed by atoms with van der Waals surface area (Å²) >= 11 is 0. The molecule has 3 aliphatic rings. The minimum atomic E-state index is -2.71. The highest BCUT2D eigenvalue weighted by molar-refractivity contribution is 6.25. The number of fused-ring (bicyclic) bond motifs is 3. The van der Waals surface area contributed by atoms with E-state index in [4.69, 9.17) is 5.73 Å². The highest BCUT2D eigenvalue weighted by Crippen LogP contribution is 2.53. The number of nitrogens with zero attached hydrogens (tertiary/aromatic N) is 1. The van der Waals surface area contributed by atoms with Gasteiger partial charge in [0.05, 0.1) is 11.6 Å². The Balaban J connectivity index is 1.75. The number of hydrogen-bond donors (Lipinski definition) is 6. The molecule has 0 fully saturated rings. The molecule has 0 aliphatic heterocycles. The van der Waals surface area contributed by atoms with Gasteiger partial charge in [0.25, 0.3) is 5.91 Å². The van der Waals surface area contributed by atoms with Crippen molar-refractivity contribution in [3.63, 3.8) is 0 Å². The molecule has 4 atom stereocenters. The van der Waals surface area contributed by atoms with Crippen LogP contribution >= 0.6 is 0 Å². The maximum absolute atomic E-state index is 14.1. The molecule has 0 unspecified atom stereocenters. The Hall–Kier alpha value is -4.48. The number of nitrogens with one attached hydrogen (secondary N) is 1. The summed E-state index contributed by atoms with van der Waals surface area (Å²) in [6.45, 7) is 1.25. The molecule has 0 saturated carbocycles. The first-order valence-corrected chi connectivity index (χ1v) is 13.1. The zero-order valence-electron chi connectivity index (χ0n) is 22.8. The Labute approximate surface area is 235 Å². The lowest BCUT2D eigenvalue weighted by atomic mass is 9.58. The van der Waals surface area contributed by atoms with E-state index in [-0.39, 0.29) is 47.7 Å². The third kappa shape index (κ3) is 4.11. The number of hydrogen-bond acceptors (Lipinski definition) is 9. The highest BCUT2D eigenvalue weighted by atomic mass is 16.3. The summed E-state index contributed by atoms with van der Waals surface area (Å²) in [6.07, 6.45) is 0.154. The lowest BCUT2D eigenvalue weighted by Crippen LogP contribution is -2.63. The molecule has 11 heteroatoms. The second kappa shape index (κ2) is 9.86. The zero-order chi connectivity index (χ0) is 30.0. The molecule has 0 radical (unpaired) electrons. The number of aromatic hydroxyl groups is 1. The lowest BCUT2D eigenvalue weighted by molar-refractivity contribution is -0.148. The van der Waals surface area contributed by atoms with E-state index in [1.165, 1.54) is 11.8 Å². The summed E-state index contributed by atoms with van der Waals surface area (Å²) in [4.78, 5) is 52.9. The number of primary amides is 1. The highest BCUT2D eigenvalue weighted by Gasteiger charge is 2.63. The third-order valence-electron chi connectivity index (χ3n) is 8.41. The quantitative estimate of drug-likeness (QED) is 0.293. The van der Waals surface area contributed by atoms with E-state index in [1.54, 1.807) is 20.2 Å². The van der Waals surface area contributed by atoms with Crippen LogP contribution in [0.1, 0.15) is 34.8 Å². The summed E-state index contributed by atoms with van der Waals surface area (Å²) in [6, 6.07) is 9.82. The number of allylic oxidation sites excluding steroid dienone is 1. The average molecular weight is 562 g/mol. The molecular weight excluding hydrogens is 530 g/mol. The van der Waals surface area contributed by atoms with E-state index in [2.05, 4.69) is 5.32 Å². The number of likely N-dealkylation sites (N-methyl/N-ethyl adjacent to an activating group) is 1. The van der Waals surface area contributed by atoms with E-state index in [1.807, 2.05) is 30.3 Å². The molecule has 0 heterocycles. The maximum Gasteiger partial charge on any atom is 0.255 e. The molecule has 2 aromatic rings. The SMILES string of the molecule is CC(=O)NCc1cc(-c2ccccc2)c2c(c1O)C(=O)C1=C(O)[C@]3(O)C(=O)C(C(N)=O)=C(O)[C@H](N(C)C)[C@@H]3C[C@H]1C2. The van der Waals surface area contributed by atoms with Crippen LogP contribution in [-0.2, 0) is 27.3 Å². The van der Waals surface area contributed by atoms with E-state index in [9.17, 15) is 39.6 Å². The van der Waals surface area contributed by atoms with Gasteiger partial charge in [-0.25, -0.2) is 0 Å². The van der Waals surface area contributed by atoms with Crippen molar-refractivity contribution in [2.24, 2.45) is 17.6 Å². The number of nitrogens with two attached hydrogens (primary N) is 1. The Kier molecular flexibility index (Phi) is 6.75. The molecule has 5 rings (SSSR count). The number of phenolic OH excluding ortho intramolecular Hbond substituents is 1. The summed E-state index contributed by atoms with van der Waals surface area (Å²) < 4.78 is 0. The fourth-order valence-corrected chi connectivity index (χ4v) is 6.60. The molecule has 11 nitrogen and oxygen atoms in total. The van der Waals surface area contributed by atoms with E-state index < -0.39 is 58.0 Å². The van der Waals surface area contributed by atoms with Crippen LogP contribution in [0.3, 0.4) is 0 Å². The van der Waals surface area contributed by atoms with Gasteiger partial charge in [0, 0.05) is 30.5 Å². The Morgan fingerprint density at radius 2 is 1.78 bits per heavy atom. The molecule has 0 bridgehead atoms. The number of amides is 2. The first kappa shape index (κ1) is 28.1. The second-order valence-corrected chi connectivity index (χ2v) is 11.0. The third-order valence-corrected chi connectivity index (χ3v) is 8.41. The summed E-state index contributed by atoms with van der Waals surface area (Å²) in [5, 5.41) is 48.1. The molecule has 7 N–H and O–H groups in total. The van der Waals surface area contributed by atoms with Crippen molar-refractivity contribution in [3.05, 3.63) is 75.8 Å². The molecule has 0 saturated heterocycles. The standard InChI is InChI=1S/C30H31N3O8/c1-13(34)32-12-16-10-17(14-7-5-4-6-8-14)18-9-15-11-19-23(33(2)3)26(37)22(29(31)40)28(39)30(19,41)27(38)20(15)25(36)21(18)24(16)35/h4-8,10,15,19,23,35,37-38,41H,9,11-12H2,1-3H3,(H2,31,40)(H,32,34)/t15-,19+,23-,30+/m1/s1. The maximum atomic E-state index is 14.1. The summed E-state index contributed by atoms with van der Waals surface area (Å²) in [5.41, 5.74) is 3.66. The lowest BCUT2D eigenvalue weighted by Gasteiger charge is -2.50. The predicted octanol–water partition coefficient (Wildman–Crippen LogP) is 1.42. The topological polar surface area (TPSA) is 190 Å². The molecule has 2 aromatic carbocycles. The van der Waals surface area contributed by atoms with Gasteiger partial charge in [0.1, 0.15) is 22.8 Å². The van der Waals surface area contributed by atoms with Crippen LogP contribution in [0.4, 0.5) is 0 Å². The van der Waals surface area contributed by atoms with Crippen molar-refractivity contribution in [3.8, 4) is 16.9 Å². The van der Waals surface area contributed by atoms with Crippen LogP contribution in [0.5, 0.6) is 5.75 Å². The van der Waals surface area contributed by atoms with Gasteiger partial charge >= 0.3 is 0 Å². The number of aliphatic hydroxyl groups is 3. The number of carbonyl (C=O) groups is 4. The van der Waals surface area contributed by atoms with Crippen LogP contribution in [-0.4, -0.2) is 74.4 Å². The van der Waals surface area contributed by atoms with Crippen molar-refractivity contribution < 1.29 is 39.6 Å². The fourth-order valence-electron chi connectivity index (χ4n) is 6.60. The van der Waals surface area contributed by atoms with Gasteiger partial charge in [-0.3, -0.25) is 24.1 Å². The Morgan fingerprint density at radius 3 is 2.37 bits per heavy atom. The monoisotopic (exact) mass is 561 g/mol. The summed E-state index contributed by atoms with van der Waals surface area (Å²) in [7, 11) is 3.16. The summed E-state index contributed by atoms with van der Waals surface area (Å²) in [5.74, 6) is -7.43. The van der Waals surface area contributed by atoms with Gasteiger partial charge in [0.2, 0.25) is 11.7 Å². The molecule has 2 amide bonds. The van der Waals surface area contributed by atoms with Crippen LogP contribution in [0.2, 0.25) is 0 Å². The minimum absolute atomic E-state index is 0.00556. The predicted molar refractivity (Wildman–Crippen MR) is 147 cm³/mol. The number of benzene rings is 2. The number of rotatable bonds is 5. The molecular formula is C30H31N3O8. The Bertz CT molecular complexity index is 1580. The molecule has 41 heavy (non-hydrogen) atoms. The van der Waals surface area contributed by atoms with Gasteiger partial charge in [-0.05, 0) is 55.6 Å². The number of Topliss-reactive ketones (excluding diaryl/α,β-unsaturated/α-hetero) is 2. The van der Waals surface area contributed by atoms with Gasteiger partial charge in [-0.1, -0.05) is 30.3 Å². The molecule has 214 valence electrons. The van der Waals surface area contributed by atoms with Gasteiger partial charge < -0.3 is 31.5 Å². The smallest absolute Gasteiger partial charge is 0.255 e. The normalized spacial score (nSPS) is 25.5. The largest absolute Gasteiger partial charge is 0.510 e. The van der Waals surface area contributed by atoms with Crippen LogP contribution in [0.15, 0.2) is 59.1 Å². The van der Waals surface area contributed by atoms with Gasteiger partial charge in [-0.15, -0.1) is 0 Å². The zero-order valence-corrected chi connectivity index (χ0v) is 22.8. The van der Waals surface area contributed by atoms with Crippen molar-refractivity contribution >= 4 is 23.4 Å². The van der Waals surface area contributed by atoms with Crippen molar-refractivity contribution in [1.82, 2.24) is 10.2 Å². The van der Waals surface area contributed by atoms with Crippen molar-refractivity contribution in [1.29, 1.82) is 0 Å². The van der Waals surface area contributed by atoms with Gasteiger partial charge in [0.15, 0.2) is 11.4 Å². The number of ketones is 2. The van der Waals surface area contributed by atoms with E-state index >= 15 is 0 Å². The molecule has 0 aromatic heterocycles. The van der Waals surface area contributed by atoms with Crippen molar-refractivity contribution in [2.75, 3.05) is 14.1 Å². The minimum Gasteiger partial charge on any atom is -0.510 e. The Morgan fingerprint density at radius 1 is 1.12 bits per heavy atom. The van der Waals surface area contributed by atoms with Crippen LogP contribution in [0, 0.1) is 11.8 Å². The fraction of sp³-hybridized carbons (Fsp3) is 0.333. The second-order valence-electron chi connectivity index (χ2n) is 11.0. The number of phenols is 1. The number of carbonyl (C=O) groups excluding carboxylic acids is 4. The first-order chi connectivity index (χ1) is 19.3. The van der Waals surface area contributed by atoms with Gasteiger partial charge in [-0.2, -0.15) is 0 Å².